The van der Waals surface area contributed by atoms with Gasteiger partial charge in [-0.2, -0.15) is 0 Å². The summed E-state index contributed by atoms with van der Waals surface area (Å²) in [6.45, 7) is 6.93. The van der Waals surface area contributed by atoms with Crippen molar-refractivity contribution in [3.63, 3.8) is 0 Å². The molecule has 0 aromatic carbocycles. The molecule has 1 aromatic heterocycles. The zero-order valence-electron chi connectivity index (χ0n) is 10.9. The molecule has 0 saturated carbocycles. The molecule has 0 fully saturated rings. The van der Waals surface area contributed by atoms with Crippen LogP contribution in [-0.4, -0.2) is 40.2 Å². The molecule has 0 spiro atoms. The Balaban J connectivity index is 2.98. The highest BCUT2D eigenvalue weighted by Crippen LogP contribution is 2.23. The second-order valence-corrected chi connectivity index (χ2v) is 4.61. The van der Waals surface area contributed by atoms with Crippen molar-refractivity contribution < 1.29 is 5.11 Å². The first-order valence-electron chi connectivity index (χ1n) is 6.11. The normalized spacial score (nSPS) is 15.2. The van der Waals surface area contributed by atoms with Gasteiger partial charge in [0.05, 0.1) is 18.3 Å². The minimum Gasteiger partial charge on any atom is -0.395 e. The Hall–Kier alpha value is -0.970. The van der Waals surface area contributed by atoms with Crippen LogP contribution in [-0.2, 0) is 0 Å². The summed E-state index contributed by atoms with van der Waals surface area (Å²) in [5.41, 5.74) is 7.04. The zero-order chi connectivity index (χ0) is 12.8. The lowest BCUT2D eigenvalue weighted by atomic mass is 10.0. The van der Waals surface area contributed by atoms with Gasteiger partial charge in [0.15, 0.2) is 0 Å². The van der Waals surface area contributed by atoms with Gasteiger partial charge in [-0.3, -0.25) is 9.88 Å². The van der Waals surface area contributed by atoms with Crippen molar-refractivity contribution in [1.82, 2.24) is 9.88 Å². The highest BCUT2D eigenvalue weighted by molar-refractivity contribution is 5.11. The van der Waals surface area contributed by atoms with Gasteiger partial charge in [-0.05, 0) is 32.9 Å². The number of aromatic nitrogens is 1. The summed E-state index contributed by atoms with van der Waals surface area (Å²) in [6.07, 6.45) is 1.78. The van der Waals surface area contributed by atoms with Crippen molar-refractivity contribution in [3.05, 3.63) is 30.1 Å². The standard InChI is InChI=1S/C13H23N3O/c1-10(2)16(8-9-17)13(11(3)14)12-6-4-5-7-15-12/h4-7,10-11,13,17H,8-9,14H2,1-3H3. The Morgan fingerprint density at radius 2 is 2.06 bits per heavy atom. The summed E-state index contributed by atoms with van der Waals surface area (Å²) in [4.78, 5) is 6.57. The number of nitrogens with zero attached hydrogens (tertiary/aromatic N) is 2. The molecule has 0 aliphatic rings. The summed E-state index contributed by atoms with van der Waals surface area (Å²) in [5.74, 6) is 0. The molecule has 3 N–H and O–H groups in total. The molecule has 2 atom stereocenters. The minimum atomic E-state index is -0.0288. The maximum absolute atomic E-state index is 9.16. The molecule has 4 nitrogen and oxygen atoms in total. The quantitative estimate of drug-likeness (QED) is 0.779. The van der Waals surface area contributed by atoms with Crippen molar-refractivity contribution in [2.75, 3.05) is 13.2 Å². The SMILES string of the molecule is CC(N)C(c1ccccn1)N(CCO)C(C)C. The summed E-state index contributed by atoms with van der Waals surface area (Å²) in [7, 11) is 0. The van der Waals surface area contributed by atoms with Crippen LogP contribution in [0, 0.1) is 0 Å². The van der Waals surface area contributed by atoms with Crippen LogP contribution in [0.3, 0.4) is 0 Å². The molecular formula is C13H23N3O. The lowest BCUT2D eigenvalue weighted by Gasteiger charge is -2.36. The number of aliphatic hydroxyl groups excluding tert-OH is 1. The van der Waals surface area contributed by atoms with E-state index in [0.717, 1.165) is 5.69 Å². The predicted molar refractivity (Wildman–Crippen MR) is 69.6 cm³/mol. The van der Waals surface area contributed by atoms with E-state index < -0.39 is 0 Å². The molecule has 4 heteroatoms. The van der Waals surface area contributed by atoms with E-state index in [4.69, 9.17) is 10.8 Å². The molecular weight excluding hydrogens is 214 g/mol. The highest BCUT2D eigenvalue weighted by atomic mass is 16.3. The Morgan fingerprint density at radius 3 is 2.47 bits per heavy atom. The molecule has 0 bridgehead atoms. The minimum absolute atomic E-state index is 0.0288. The average molecular weight is 237 g/mol. The van der Waals surface area contributed by atoms with E-state index in [-0.39, 0.29) is 18.7 Å². The Bertz CT molecular complexity index is 314. The van der Waals surface area contributed by atoms with Crippen molar-refractivity contribution in [1.29, 1.82) is 0 Å². The summed E-state index contributed by atoms with van der Waals surface area (Å²) < 4.78 is 0. The summed E-state index contributed by atoms with van der Waals surface area (Å²) in [5, 5.41) is 9.16. The van der Waals surface area contributed by atoms with Crippen LogP contribution in [0.5, 0.6) is 0 Å². The molecule has 0 saturated heterocycles. The van der Waals surface area contributed by atoms with Crippen LogP contribution >= 0.6 is 0 Å². The Labute approximate surface area is 103 Å². The molecule has 0 aliphatic heterocycles. The number of nitrogens with two attached hydrogens (primary N) is 1. The van der Waals surface area contributed by atoms with Crippen molar-refractivity contribution >= 4 is 0 Å². The highest BCUT2D eigenvalue weighted by Gasteiger charge is 2.26. The number of hydrogen-bond acceptors (Lipinski definition) is 4. The van der Waals surface area contributed by atoms with Gasteiger partial charge >= 0.3 is 0 Å². The van der Waals surface area contributed by atoms with Crippen LogP contribution < -0.4 is 5.73 Å². The van der Waals surface area contributed by atoms with E-state index in [1.165, 1.54) is 0 Å². The fourth-order valence-corrected chi connectivity index (χ4v) is 2.13. The van der Waals surface area contributed by atoms with Crippen LogP contribution in [0.4, 0.5) is 0 Å². The largest absolute Gasteiger partial charge is 0.395 e. The van der Waals surface area contributed by atoms with Gasteiger partial charge in [-0.1, -0.05) is 6.07 Å². The number of pyridine rings is 1. The van der Waals surface area contributed by atoms with Crippen molar-refractivity contribution in [3.8, 4) is 0 Å². The molecule has 0 radical (unpaired) electrons. The maximum Gasteiger partial charge on any atom is 0.0673 e. The maximum atomic E-state index is 9.16. The van der Waals surface area contributed by atoms with E-state index in [0.29, 0.717) is 12.6 Å². The summed E-state index contributed by atoms with van der Waals surface area (Å²) in [6, 6.07) is 6.19. The number of hydrogen-bond donors (Lipinski definition) is 2. The molecule has 17 heavy (non-hydrogen) atoms. The third-order valence-electron chi connectivity index (χ3n) is 2.87. The van der Waals surface area contributed by atoms with Gasteiger partial charge in [0.1, 0.15) is 0 Å². The average Bonchev–Trinajstić information content (AvgIpc) is 2.29. The third kappa shape index (κ3) is 3.77. The van der Waals surface area contributed by atoms with E-state index >= 15 is 0 Å². The second-order valence-electron chi connectivity index (χ2n) is 4.61. The van der Waals surface area contributed by atoms with E-state index in [1.54, 1.807) is 6.20 Å². The van der Waals surface area contributed by atoms with Gasteiger partial charge in [-0.25, -0.2) is 0 Å². The number of aliphatic hydroxyl groups is 1. The van der Waals surface area contributed by atoms with Gasteiger partial charge < -0.3 is 10.8 Å². The molecule has 1 rings (SSSR count). The lowest BCUT2D eigenvalue weighted by molar-refractivity contribution is 0.103. The molecule has 2 unspecified atom stereocenters. The monoisotopic (exact) mass is 237 g/mol. The molecule has 0 aliphatic carbocycles. The van der Waals surface area contributed by atoms with Gasteiger partial charge in [0, 0.05) is 24.8 Å². The Kier molecular flexibility index (Phi) is 5.55. The van der Waals surface area contributed by atoms with Crippen molar-refractivity contribution in [2.24, 2.45) is 5.73 Å². The molecule has 1 aromatic rings. The second kappa shape index (κ2) is 6.69. The van der Waals surface area contributed by atoms with E-state index in [2.05, 4.69) is 23.7 Å². The van der Waals surface area contributed by atoms with E-state index in [1.807, 2.05) is 25.1 Å². The molecule has 1 heterocycles. The fraction of sp³-hybridized carbons (Fsp3) is 0.615. The van der Waals surface area contributed by atoms with E-state index in [9.17, 15) is 0 Å². The van der Waals surface area contributed by atoms with Crippen LogP contribution in [0.2, 0.25) is 0 Å². The van der Waals surface area contributed by atoms with Gasteiger partial charge in [-0.15, -0.1) is 0 Å². The third-order valence-corrected chi connectivity index (χ3v) is 2.87. The van der Waals surface area contributed by atoms with Gasteiger partial charge in [0.25, 0.3) is 0 Å². The smallest absolute Gasteiger partial charge is 0.0673 e. The Morgan fingerprint density at radius 1 is 1.35 bits per heavy atom. The predicted octanol–water partition coefficient (Wildman–Crippen LogP) is 1.17. The van der Waals surface area contributed by atoms with Crippen LogP contribution in [0.25, 0.3) is 0 Å². The topological polar surface area (TPSA) is 62.4 Å². The van der Waals surface area contributed by atoms with Crippen LogP contribution in [0.15, 0.2) is 24.4 Å². The fourth-order valence-electron chi connectivity index (χ4n) is 2.13. The van der Waals surface area contributed by atoms with Gasteiger partial charge in [0.2, 0.25) is 0 Å². The first-order valence-corrected chi connectivity index (χ1v) is 6.11. The van der Waals surface area contributed by atoms with Crippen LogP contribution in [0.1, 0.15) is 32.5 Å². The first kappa shape index (κ1) is 14.1. The first-order chi connectivity index (χ1) is 8.07. The summed E-state index contributed by atoms with van der Waals surface area (Å²) >= 11 is 0. The van der Waals surface area contributed by atoms with Crippen molar-refractivity contribution in [2.45, 2.75) is 38.9 Å². The molecule has 0 amide bonds. The lowest BCUT2D eigenvalue weighted by Crippen LogP contribution is -2.44. The molecule has 96 valence electrons. The zero-order valence-corrected chi connectivity index (χ0v) is 10.9. The number of rotatable bonds is 6.